The van der Waals surface area contributed by atoms with Crippen LogP contribution in [0.3, 0.4) is 0 Å². The van der Waals surface area contributed by atoms with Crippen molar-refractivity contribution < 1.29 is 4.79 Å². The molecule has 3 atom stereocenters. The van der Waals surface area contributed by atoms with Crippen LogP contribution in [0.4, 0.5) is 0 Å². The lowest BCUT2D eigenvalue weighted by Crippen LogP contribution is -2.52. The first-order chi connectivity index (χ1) is 9.16. The first-order valence-electron chi connectivity index (χ1n) is 7.94. The summed E-state index contributed by atoms with van der Waals surface area (Å²) < 4.78 is 0. The number of nitrogens with one attached hydrogen (secondary N) is 2. The molecule has 0 aromatic carbocycles. The molecule has 19 heavy (non-hydrogen) atoms. The van der Waals surface area contributed by atoms with Crippen LogP contribution in [-0.2, 0) is 4.79 Å². The van der Waals surface area contributed by atoms with Crippen LogP contribution in [0.5, 0.6) is 0 Å². The maximum absolute atomic E-state index is 12.1. The van der Waals surface area contributed by atoms with Gasteiger partial charge in [-0.2, -0.15) is 0 Å². The molecule has 2 saturated heterocycles. The molecule has 0 aromatic heterocycles. The summed E-state index contributed by atoms with van der Waals surface area (Å²) in [5.41, 5.74) is 0. The van der Waals surface area contributed by atoms with Gasteiger partial charge < -0.3 is 10.6 Å². The second-order valence-corrected chi connectivity index (χ2v) is 6.24. The third-order valence-electron chi connectivity index (χ3n) is 4.52. The summed E-state index contributed by atoms with van der Waals surface area (Å²) in [5, 5.41) is 6.52. The third-order valence-corrected chi connectivity index (χ3v) is 4.52. The maximum atomic E-state index is 12.1. The van der Waals surface area contributed by atoms with Gasteiger partial charge in [-0.3, -0.25) is 9.69 Å². The van der Waals surface area contributed by atoms with E-state index in [2.05, 4.69) is 29.4 Å². The molecule has 4 heteroatoms. The lowest BCUT2D eigenvalue weighted by Gasteiger charge is -2.33. The summed E-state index contributed by atoms with van der Waals surface area (Å²) >= 11 is 0. The van der Waals surface area contributed by atoms with Gasteiger partial charge in [0.05, 0.1) is 6.04 Å². The first kappa shape index (κ1) is 14.8. The van der Waals surface area contributed by atoms with Crippen LogP contribution >= 0.6 is 0 Å². The van der Waals surface area contributed by atoms with Crippen molar-refractivity contribution in [1.29, 1.82) is 0 Å². The predicted octanol–water partition coefficient (Wildman–Crippen LogP) is 1.51. The molecule has 110 valence electrons. The molecule has 2 aliphatic rings. The predicted molar refractivity (Wildman–Crippen MR) is 78.1 cm³/mol. The molecule has 0 saturated carbocycles. The Morgan fingerprint density at radius 3 is 2.68 bits per heavy atom. The first-order valence-corrected chi connectivity index (χ1v) is 7.94. The van der Waals surface area contributed by atoms with Crippen LogP contribution in [0.15, 0.2) is 0 Å². The molecule has 0 spiro atoms. The zero-order chi connectivity index (χ0) is 13.7. The van der Waals surface area contributed by atoms with Crippen molar-refractivity contribution in [2.75, 3.05) is 19.6 Å². The largest absolute Gasteiger partial charge is 0.353 e. The summed E-state index contributed by atoms with van der Waals surface area (Å²) in [6.45, 7) is 7.55. The van der Waals surface area contributed by atoms with Gasteiger partial charge in [-0.1, -0.05) is 6.42 Å². The molecule has 4 nitrogen and oxygen atoms in total. The zero-order valence-electron chi connectivity index (χ0n) is 12.5. The number of amides is 1. The normalized spacial score (nSPS) is 30.8. The van der Waals surface area contributed by atoms with Crippen LogP contribution in [-0.4, -0.2) is 48.6 Å². The standard InChI is InChI=1S/C15H29N3O/c1-12-7-6-8-14(17-12)15(19)16-11-13(2)18-9-4-3-5-10-18/h12-14,17H,3-11H2,1-2H3,(H,16,19). The van der Waals surface area contributed by atoms with Crippen molar-refractivity contribution >= 4 is 5.91 Å². The fourth-order valence-corrected chi connectivity index (χ4v) is 3.20. The quantitative estimate of drug-likeness (QED) is 0.811. The lowest BCUT2D eigenvalue weighted by molar-refractivity contribution is -0.124. The van der Waals surface area contributed by atoms with E-state index in [-0.39, 0.29) is 11.9 Å². The van der Waals surface area contributed by atoms with Crippen LogP contribution in [0, 0.1) is 0 Å². The summed E-state index contributed by atoms with van der Waals surface area (Å²) in [5.74, 6) is 0.190. The summed E-state index contributed by atoms with van der Waals surface area (Å²) in [4.78, 5) is 14.6. The van der Waals surface area contributed by atoms with E-state index in [1.165, 1.54) is 38.8 Å². The van der Waals surface area contributed by atoms with Crippen molar-refractivity contribution in [3.63, 3.8) is 0 Å². The number of piperidine rings is 2. The number of carbonyl (C=O) groups excluding carboxylic acids is 1. The van der Waals surface area contributed by atoms with Gasteiger partial charge in [-0.05, 0) is 59.0 Å². The minimum atomic E-state index is 0.0253. The van der Waals surface area contributed by atoms with Crippen molar-refractivity contribution in [2.24, 2.45) is 0 Å². The second kappa shape index (κ2) is 7.25. The Balaban J connectivity index is 1.70. The minimum absolute atomic E-state index is 0.0253. The van der Waals surface area contributed by atoms with Crippen molar-refractivity contribution in [3.05, 3.63) is 0 Å². The van der Waals surface area contributed by atoms with Crippen LogP contribution in [0.1, 0.15) is 52.4 Å². The number of carbonyl (C=O) groups is 1. The Labute approximate surface area is 117 Å². The Morgan fingerprint density at radius 2 is 2.00 bits per heavy atom. The van der Waals surface area contributed by atoms with E-state index in [1.807, 2.05) is 0 Å². The van der Waals surface area contributed by atoms with Crippen molar-refractivity contribution in [1.82, 2.24) is 15.5 Å². The Kier molecular flexibility index (Phi) is 5.64. The van der Waals surface area contributed by atoms with E-state index >= 15 is 0 Å². The van der Waals surface area contributed by atoms with Crippen LogP contribution in [0.2, 0.25) is 0 Å². The molecule has 2 fully saturated rings. The molecule has 0 aliphatic carbocycles. The summed E-state index contributed by atoms with van der Waals surface area (Å²) in [7, 11) is 0. The van der Waals surface area contributed by atoms with E-state index in [0.29, 0.717) is 12.1 Å². The van der Waals surface area contributed by atoms with E-state index in [4.69, 9.17) is 0 Å². The van der Waals surface area contributed by atoms with Gasteiger partial charge in [0, 0.05) is 18.6 Å². The molecule has 2 rings (SSSR count). The highest BCUT2D eigenvalue weighted by molar-refractivity contribution is 5.81. The SMILES string of the molecule is CC1CCCC(C(=O)NCC(C)N2CCCCC2)N1. The van der Waals surface area contributed by atoms with Crippen molar-refractivity contribution in [3.8, 4) is 0 Å². The topological polar surface area (TPSA) is 44.4 Å². The lowest BCUT2D eigenvalue weighted by atomic mass is 9.99. The molecular formula is C15H29N3O. The third kappa shape index (κ3) is 4.46. The number of rotatable bonds is 4. The number of hydrogen-bond donors (Lipinski definition) is 2. The average molecular weight is 267 g/mol. The second-order valence-electron chi connectivity index (χ2n) is 6.24. The maximum Gasteiger partial charge on any atom is 0.237 e. The van der Waals surface area contributed by atoms with Gasteiger partial charge in [0.2, 0.25) is 5.91 Å². The highest BCUT2D eigenvalue weighted by atomic mass is 16.2. The molecule has 1 amide bonds. The van der Waals surface area contributed by atoms with E-state index in [0.717, 1.165) is 19.4 Å². The highest BCUT2D eigenvalue weighted by Gasteiger charge is 2.25. The van der Waals surface area contributed by atoms with Gasteiger partial charge in [-0.25, -0.2) is 0 Å². The number of likely N-dealkylation sites (tertiary alicyclic amines) is 1. The molecule has 0 bridgehead atoms. The Bertz CT molecular complexity index is 289. The van der Waals surface area contributed by atoms with Gasteiger partial charge in [-0.15, -0.1) is 0 Å². The fourth-order valence-electron chi connectivity index (χ4n) is 3.20. The van der Waals surface area contributed by atoms with Gasteiger partial charge in [0.15, 0.2) is 0 Å². The van der Waals surface area contributed by atoms with Crippen LogP contribution in [0.25, 0.3) is 0 Å². The summed E-state index contributed by atoms with van der Waals surface area (Å²) in [6, 6.07) is 0.964. The number of hydrogen-bond acceptors (Lipinski definition) is 3. The molecule has 2 aliphatic heterocycles. The fraction of sp³-hybridized carbons (Fsp3) is 0.933. The molecule has 2 N–H and O–H groups in total. The van der Waals surface area contributed by atoms with Gasteiger partial charge in [0.25, 0.3) is 0 Å². The molecule has 2 heterocycles. The Hall–Kier alpha value is -0.610. The van der Waals surface area contributed by atoms with E-state index in [1.54, 1.807) is 0 Å². The van der Waals surface area contributed by atoms with Gasteiger partial charge in [0.1, 0.15) is 0 Å². The Morgan fingerprint density at radius 1 is 1.26 bits per heavy atom. The van der Waals surface area contributed by atoms with E-state index < -0.39 is 0 Å². The molecule has 0 radical (unpaired) electrons. The van der Waals surface area contributed by atoms with Gasteiger partial charge >= 0.3 is 0 Å². The van der Waals surface area contributed by atoms with E-state index in [9.17, 15) is 4.79 Å². The zero-order valence-corrected chi connectivity index (χ0v) is 12.5. The monoisotopic (exact) mass is 267 g/mol. The molecule has 3 unspecified atom stereocenters. The molecule has 0 aromatic rings. The van der Waals surface area contributed by atoms with Crippen molar-refractivity contribution in [2.45, 2.75) is 70.5 Å². The number of nitrogens with zero attached hydrogens (tertiary/aromatic N) is 1. The highest BCUT2D eigenvalue weighted by Crippen LogP contribution is 2.13. The smallest absolute Gasteiger partial charge is 0.237 e. The minimum Gasteiger partial charge on any atom is -0.353 e. The molecular weight excluding hydrogens is 238 g/mol. The summed E-state index contributed by atoms with van der Waals surface area (Å²) in [6.07, 6.45) is 7.30. The average Bonchev–Trinajstić information content (AvgIpc) is 2.45. The van der Waals surface area contributed by atoms with Crippen LogP contribution < -0.4 is 10.6 Å².